The zero-order chi connectivity index (χ0) is 90.5. The van der Waals surface area contributed by atoms with Gasteiger partial charge in [-0.15, -0.1) is 22.7 Å². The number of nitrogens with zero attached hydrogens (tertiary/aromatic N) is 9. The van der Waals surface area contributed by atoms with Gasteiger partial charge in [-0.05, 0) is 232 Å². The second-order valence-corrected chi connectivity index (χ2v) is 39.0. The topological polar surface area (TPSA) is 349 Å². The molecule has 16 heterocycles. The Kier molecular flexibility index (Phi) is 23.3. The number of H-pyrrole nitrogens is 4. The van der Waals surface area contributed by atoms with Crippen molar-refractivity contribution in [1.29, 1.82) is 0 Å². The highest BCUT2D eigenvalue weighted by Crippen LogP contribution is 2.54. The molecule has 6 amide bonds. The number of methoxy groups -OCH3 is 3. The third-order valence-corrected chi connectivity index (χ3v) is 30.4. The minimum absolute atomic E-state index is 0.0465. The number of imidazole rings is 4. The maximum absolute atomic E-state index is 17.0. The number of carbonyl (C=O) groups is 6. The SMILES string of the molecule is COC(=O)NC(C(=O)N1CCC[C@H]1c1ncc(-c2cc(F)c3c(c2)OC(c2ccc(C4CC4)s2)n2c-3cc3cc(-c4cnc([C@@H]5CCCN5C(=O)[C@@H](NC(=O)OC)C5CCOCC5)[nH]4)ccc32)[nH]1)C(C)(C)F.COC(=O)N[C@H](C(=O)N1CCC[C@H]1c1ncc(-c2ccc3c(c2)cc2n3C(c3ccc(C4CC4)s3)Oc3cc(-c4cnc([C@@H]5CCCN5)[nH]4)cc(F)c3-2)[nH]1)C1CCOCC1. The van der Waals surface area contributed by atoms with Crippen LogP contribution in [0.5, 0.6) is 11.5 Å². The van der Waals surface area contributed by atoms with Gasteiger partial charge in [0.05, 0.1) is 136 Å². The predicted octanol–water partition coefficient (Wildman–Crippen LogP) is 17.4. The lowest BCUT2D eigenvalue weighted by atomic mass is 9.90. The van der Waals surface area contributed by atoms with Crippen LogP contribution < -0.4 is 30.7 Å². The van der Waals surface area contributed by atoms with Gasteiger partial charge in [0.1, 0.15) is 70.2 Å². The summed E-state index contributed by atoms with van der Waals surface area (Å²) < 4.78 is 92.5. The normalized spacial score (nSPS) is 21.5. The summed E-state index contributed by atoms with van der Waals surface area (Å²) in [4.78, 5) is 122. The molecule has 132 heavy (non-hydrogen) atoms. The van der Waals surface area contributed by atoms with E-state index in [-0.39, 0.29) is 47.6 Å². The Morgan fingerprint density at radius 1 is 0.455 bits per heavy atom. The number of alkyl carbamates (subject to hydrolysis) is 3. The van der Waals surface area contributed by atoms with Crippen LogP contribution in [0, 0.1) is 23.5 Å². The summed E-state index contributed by atoms with van der Waals surface area (Å²) in [5.74, 6) is 2.79. The highest BCUT2D eigenvalue weighted by molar-refractivity contribution is 7.12. The van der Waals surface area contributed by atoms with Crippen molar-refractivity contribution >= 4 is 80.5 Å². The van der Waals surface area contributed by atoms with Gasteiger partial charge in [0.2, 0.25) is 30.2 Å². The van der Waals surface area contributed by atoms with Crippen molar-refractivity contribution in [3.05, 3.63) is 176 Å². The van der Waals surface area contributed by atoms with E-state index in [1.165, 1.54) is 61.6 Å². The standard InChI is InChI=1S/C52H57F2N9O8S.C45H47FN8O5S/c1-52(2,54)44(60-51(67)69-4)48(65)62-18-6-8-37(62)46-56-26-34(58-46)30-22-32(53)42-38-23-31-21-29(11-12-35(31)63(38)49(71-39(42)24-30)41-14-13-40(72-41)27-9-10-27)33-25-55-45(57-33)36-7-5-17-61(36)47(64)43(59-50(66)68-3)28-15-19-70-20-16-28;1-57-45(56)52-40(25-12-16-58-17-13-25)43(55)53-15-3-5-34(53)42-49-22-31(51-42)26-8-9-33-28(18-26)20-35-39-29(46)19-27(32-23-48-41(50-32)30-4-2-14-47-30)21-36(39)59-44(54(33)35)38-11-10-37(60-38)24-6-7-24/h11-14,21-28,36-37,43-44,49H,5-10,15-20H2,1-4H3,(H,55,57)(H,56,58)(H,59,66)(H,60,67);8-11,18-25,30,34,40,44,47H,2-7,12-17H2,1H3,(H,48,50)(H,49,51)(H,52,56)/t36-,37-,43-,44?,49?;30-,34-,40-,44?/m00/s1. The van der Waals surface area contributed by atoms with Crippen LogP contribution in [0.4, 0.5) is 27.6 Å². The summed E-state index contributed by atoms with van der Waals surface area (Å²) in [7, 11) is 3.75. The number of carbonyl (C=O) groups excluding carboxylic acids is 6. The molecule has 30 nitrogen and oxygen atoms in total. The second-order valence-electron chi connectivity index (χ2n) is 36.7. The summed E-state index contributed by atoms with van der Waals surface area (Å²) in [5.41, 5.74) is 7.63. The van der Waals surface area contributed by atoms with Crippen LogP contribution in [-0.2, 0) is 38.1 Å². The van der Waals surface area contributed by atoms with Crippen molar-refractivity contribution in [2.24, 2.45) is 11.8 Å². The molecule has 0 bridgehead atoms. The lowest BCUT2D eigenvalue weighted by Crippen LogP contribution is -2.56. The molecule has 8 N–H and O–H groups in total. The number of nitrogens with one attached hydrogen (secondary N) is 8. The number of ether oxygens (including phenoxy) is 7. The number of thiophene rings is 2. The Bertz CT molecular complexity index is 6410. The quantitative estimate of drug-likeness (QED) is 0.0310. The smallest absolute Gasteiger partial charge is 0.407 e. The second kappa shape index (κ2) is 35.7. The van der Waals surface area contributed by atoms with Crippen molar-refractivity contribution in [1.82, 2.24) is 85.0 Å². The van der Waals surface area contributed by atoms with Crippen LogP contribution in [0.3, 0.4) is 0 Å². The molecule has 10 aliphatic rings. The first-order chi connectivity index (χ1) is 64.2. The summed E-state index contributed by atoms with van der Waals surface area (Å²) in [6.45, 7) is 7.00. The number of amides is 6. The number of likely N-dealkylation sites (tertiary alicyclic amines) is 3. The van der Waals surface area contributed by atoms with Crippen LogP contribution >= 0.6 is 22.7 Å². The van der Waals surface area contributed by atoms with E-state index in [0.717, 1.165) is 130 Å². The van der Waals surface area contributed by atoms with Gasteiger partial charge in [-0.1, -0.05) is 12.1 Å². The molecule has 0 radical (unpaired) electrons. The van der Waals surface area contributed by atoms with Crippen molar-refractivity contribution < 1.29 is 75.1 Å². The molecule has 9 atom stereocenters. The van der Waals surface area contributed by atoms with Crippen LogP contribution in [0.1, 0.15) is 208 Å². The Hall–Kier alpha value is -12.3. The molecular weight excluding hydrogens is 1730 g/mol. The van der Waals surface area contributed by atoms with Crippen LogP contribution in [-0.4, -0.2) is 197 Å². The number of alkyl halides is 1. The molecule has 0 spiro atoms. The lowest BCUT2D eigenvalue weighted by molar-refractivity contribution is -0.138. The number of aromatic amines is 4. The summed E-state index contributed by atoms with van der Waals surface area (Å²) in [5, 5.41) is 13.3. The van der Waals surface area contributed by atoms with Gasteiger partial charge in [-0.2, -0.15) is 0 Å². The molecule has 12 aromatic rings. The maximum Gasteiger partial charge on any atom is 0.407 e. The van der Waals surface area contributed by atoms with E-state index < -0.39 is 72.3 Å². The van der Waals surface area contributed by atoms with Crippen molar-refractivity contribution in [2.75, 3.05) is 73.9 Å². The first-order valence-corrected chi connectivity index (χ1v) is 47.5. The first kappa shape index (κ1) is 86.4. The van der Waals surface area contributed by atoms with Gasteiger partial charge in [0.25, 0.3) is 0 Å². The molecule has 4 aromatic carbocycles. The largest absolute Gasteiger partial charge is 0.464 e. The lowest BCUT2D eigenvalue weighted by Gasteiger charge is -2.34. The van der Waals surface area contributed by atoms with Crippen molar-refractivity contribution in [3.8, 4) is 79.0 Å². The third kappa shape index (κ3) is 16.6. The van der Waals surface area contributed by atoms with E-state index in [1.807, 2.05) is 46.3 Å². The molecule has 2 saturated carbocycles. The zero-order valence-corrected chi connectivity index (χ0v) is 75.4. The number of fused-ring (bicyclic) bond motifs is 10. The van der Waals surface area contributed by atoms with Gasteiger partial charge in [-0.25, -0.2) is 47.5 Å². The minimum Gasteiger partial charge on any atom is -0.464 e. The molecule has 2 aliphatic carbocycles. The Morgan fingerprint density at radius 2 is 0.848 bits per heavy atom. The van der Waals surface area contributed by atoms with E-state index in [1.54, 1.807) is 47.3 Å². The monoisotopic (exact) mass is 1840 g/mol. The van der Waals surface area contributed by atoms with Gasteiger partial charge < -0.3 is 89.1 Å². The average molecular weight is 1840 g/mol. The minimum atomic E-state index is -2.09. The zero-order valence-electron chi connectivity index (χ0n) is 73.8. The number of aromatic nitrogens is 10. The van der Waals surface area contributed by atoms with Crippen molar-refractivity contribution in [2.45, 2.75) is 189 Å². The number of hydrogen-bond donors (Lipinski definition) is 8. The van der Waals surface area contributed by atoms with E-state index in [9.17, 15) is 28.8 Å². The number of benzene rings is 4. The van der Waals surface area contributed by atoms with Crippen LogP contribution in [0.2, 0.25) is 0 Å². The van der Waals surface area contributed by atoms with Gasteiger partial charge >= 0.3 is 18.3 Å². The Balaban J connectivity index is 0.000000162. The number of rotatable bonds is 21. The van der Waals surface area contributed by atoms with E-state index in [0.29, 0.717) is 165 Å². The van der Waals surface area contributed by atoms with Crippen LogP contribution in [0.25, 0.3) is 89.4 Å². The Morgan fingerprint density at radius 3 is 1.25 bits per heavy atom. The third-order valence-electron chi connectivity index (χ3n) is 27.9. The van der Waals surface area contributed by atoms with E-state index in [2.05, 4.69) is 120 Å². The van der Waals surface area contributed by atoms with Gasteiger partial charge in [0, 0.05) is 88.8 Å². The fraction of sp³-hybridized carbons (Fsp3) is 0.443. The molecule has 3 unspecified atom stereocenters. The van der Waals surface area contributed by atoms with E-state index >= 15 is 13.2 Å². The molecule has 8 fully saturated rings. The molecule has 22 rings (SSSR count). The highest BCUT2D eigenvalue weighted by Gasteiger charge is 2.47. The molecule has 6 saturated heterocycles. The highest BCUT2D eigenvalue weighted by atomic mass is 32.1. The molecule has 688 valence electrons. The molecular formula is C97H104F3N17O13S2. The summed E-state index contributed by atoms with van der Waals surface area (Å²) in [6.07, 6.45) is 17.4. The van der Waals surface area contributed by atoms with E-state index in [4.69, 9.17) is 38.4 Å². The maximum atomic E-state index is 17.0. The van der Waals surface area contributed by atoms with Crippen molar-refractivity contribution in [3.63, 3.8) is 0 Å². The fourth-order valence-electron chi connectivity index (χ4n) is 20.7. The number of hydrogen-bond acceptors (Lipinski definition) is 20. The number of halogens is 3. The first-order valence-electron chi connectivity index (χ1n) is 45.9. The van der Waals surface area contributed by atoms with Gasteiger partial charge in [0.15, 0.2) is 0 Å². The molecule has 8 aliphatic heterocycles. The fourth-order valence-corrected chi connectivity index (χ4v) is 23.1. The summed E-state index contributed by atoms with van der Waals surface area (Å²) >= 11 is 3.48. The molecule has 8 aromatic heterocycles. The van der Waals surface area contributed by atoms with Crippen LogP contribution in [0.15, 0.2) is 122 Å². The van der Waals surface area contributed by atoms with Gasteiger partial charge in [-0.3, -0.25) is 23.5 Å². The predicted molar refractivity (Wildman–Crippen MR) is 486 cm³/mol. The Labute approximate surface area is 766 Å². The summed E-state index contributed by atoms with van der Waals surface area (Å²) in [6, 6.07) is 27.9. The average Bonchev–Trinajstić information content (AvgIpc) is 1.46. The molecule has 35 heteroatoms.